The third kappa shape index (κ3) is 5.02. The first-order valence-electron chi connectivity index (χ1n) is 9.23. The summed E-state index contributed by atoms with van der Waals surface area (Å²) in [7, 11) is -2.43. The number of benzene rings is 1. The Morgan fingerprint density at radius 2 is 1.97 bits per heavy atom. The lowest BCUT2D eigenvalue weighted by Gasteiger charge is -2.10. The van der Waals surface area contributed by atoms with E-state index in [0.29, 0.717) is 40.2 Å². The number of hydrogen-bond acceptors (Lipinski definition) is 5. The van der Waals surface area contributed by atoms with E-state index in [4.69, 9.17) is 0 Å². The fraction of sp³-hybridized carbons (Fsp3) is 0.174. The van der Waals surface area contributed by atoms with Crippen molar-refractivity contribution in [3.63, 3.8) is 0 Å². The number of nitrogens with one attached hydrogen (secondary N) is 1. The Kier molecular flexibility index (Phi) is 6.15. The lowest BCUT2D eigenvalue weighted by molar-refractivity contribution is 0.688. The fourth-order valence-electron chi connectivity index (χ4n) is 2.85. The summed E-state index contributed by atoms with van der Waals surface area (Å²) >= 11 is 0. The quantitative estimate of drug-likeness (QED) is 0.521. The molecule has 0 radical (unpaired) electrons. The zero-order chi connectivity index (χ0) is 21.7. The molecule has 3 aromatic rings. The van der Waals surface area contributed by atoms with Crippen LogP contribution in [0.15, 0.2) is 42.9 Å². The molecule has 0 aliphatic carbocycles. The standard InChI is InChI=1S/C23H21N5OS/c1-5-21-20(23(27-15-26-21)19-8-6-7-17(11-19)13-24)10-9-18-12-22(16(2)25-14-18)28-30(3,4)29/h6-8,11-12,14-15H,3,5H2,1-2,4H3,(H,28,29). The van der Waals surface area contributed by atoms with Gasteiger partial charge in [-0.2, -0.15) is 5.26 Å². The van der Waals surface area contributed by atoms with E-state index in [1.54, 1.807) is 24.4 Å². The van der Waals surface area contributed by atoms with Gasteiger partial charge in [0, 0.05) is 33.3 Å². The Labute approximate surface area is 177 Å². The molecule has 0 fully saturated rings. The fourth-order valence-corrected chi connectivity index (χ4v) is 3.52. The predicted octanol–water partition coefficient (Wildman–Crippen LogP) is 3.35. The van der Waals surface area contributed by atoms with Gasteiger partial charge in [-0.3, -0.25) is 4.98 Å². The molecule has 0 aliphatic rings. The van der Waals surface area contributed by atoms with Crippen LogP contribution in [0.4, 0.5) is 5.69 Å². The number of rotatable bonds is 4. The van der Waals surface area contributed by atoms with Crippen LogP contribution < -0.4 is 4.72 Å². The van der Waals surface area contributed by atoms with Crippen molar-refractivity contribution >= 4 is 21.3 Å². The van der Waals surface area contributed by atoms with Gasteiger partial charge in [-0.1, -0.05) is 30.9 Å². The minimum absolute atomic E-state index is 0.554. The number of aromatic nitrogens is 3. The van der Waals surface area contributed by atoms with E-state index in [1.807, 2.05) is 26.0 Å². The molecule has 0 bridgehead atoms. The highest BCUT2D eigenvalue weighted by Gasteiger charge is 2.11. The molecule has 0 aliphatic heterocycles. The second-order valence-corrected chi connectivity index (χ2v) is 9.02. The SMILES string of the molecule is C=S(C)(=O)Nc1cc(C#Cc2c(CC)ncnc2-c2cccc(C#N)c2)cnc1C. The zero-order valence-electron chi connectivity index (χ0n) is 17.1. The number of hydrogen-bond donors (Lipinski definition) is 1. The molecule has 1 atom stereocenters. The Balaban J connectivity index is 2.10. The lowest BCUT2D eigenvalue weighted by Crippen LogP contribution is -2.11. The average Bonchev–Trinajstić information content (AvgIpc) is 2.73. The van der Waals surface area contributed by atoms with Gasteiger partial charge in [0.1, 0.15) is 6.33 Å². The van der Waals surface area contributed by atoms with E-state index in [2.05, 4.69) is 43.5 Å². The van der Waals surface area contributed by atoms with Crippen LogP contribution in [0, 0.1) is 30.1 Å². The van der Waals surface area contributed by atoms with Crippen LogP contribution in [0.5, 0.6) is 0 Å². The van der Waals surface area contributed by atoms with Crippen molar-refractivity contribution in [2.75, 3.05) is 11.0 Å². The number of anilines is 1. The van der Waals surface area contributed by atoms with Crippen LogP contribution in [-0.2, 0) is 16.1 Å². The van der Waals surface area contributed by atoms with Crippen molar-refractivity contribution < 1.29 is 4.21 Å². The molecule has 2 aromatic heterocycles. The largest absolute Gasteiger partial charge is 0.311 e. The van der Waals surface area contributed by atoms with Crippen molar-refractivity contribution in [2.24, 2.45) is 0 Å². The predicted molar refractivity (Wildman–Crippen MR) is 121 cm³/mol. The van der Waals surface area contributed by atoms with E-state index >= 15 is 0 Å². The van der Waals surface area contributed by atoms with Crippen molar-refractivity contribution in [3.05, 3.63) is 70.9 Å². The van der Waals surface area contributed by atoms with Gasteiger partial charge in [0.15, 0.2) is 0 Å². The van der Waals surface area contributed by atoms with Crippen LogP contribution in [0.3, 0.4) is 0 Å². The highest BCUT2D eigenvalue weighted by Crippen LogP contribution is 2.24. The van der Waals surface area contributed by atoms with Crippen LogP contribution in [0.2, 0.25) is 0 Å². The van der Waals surface area contributed by atoms with E-state index in [-0.39, 0.29) is 0 Å². The molecule has 6 nitrogen and oxygen atoms in total. The van der Waals surface area contributed by atoms with Crippen LogP contribution in [0.1, 0.15) is 35.0 Å². The second-order valence-electron chi connectivity index (χ2n) is 6.80. The highest BCUT2D eigenvalue weighted by molar-refractivity contribution is 8.00. The van der Waals surface area contributed by atoms with Crippen molar-refractivity contribution in [2.45, 2.75) is 20.3 Å². The summed E-state index contributed by atoms with van der Waals surface area (Å²) in [6.45, 7) is 3.83. The minimum atomic E-state index is -2.43. The molecular formula is C23H21N5OS. The Morgan fingerprint density at radius 1 is 1.17 bits per heavy atom. The first kappa shape index (κ1) is 21.0. The van der Waals surface area contributed by atoms with E-state index < -0.39 is 9.71 Å². The summed E-state index contributed by atoms with van der Waals surface area (Å²) in [5, 5.41) is 9.21. The van der Waals surface area contributed by atoms with E-state index in [9.17, 15) is 9.47 Å². The van der Waals surface area contributed by atoms with Gasteiger partial charge in [-0.25, -0.2) is 14.2 Å². The summed E-state index contributed by atoms with van der Waals surface area (Å²) in [5.41, 5.74) is 5.58. The molecular weight excluding hydrogens is 394 g/mol. The Hall–Kier alpha value is -3.68. The molecule has 1 N–H and O–H groups in total. The molecule has 0 amide bonds. The molecule has 1 aromatic carbocycles. The van der Waals surface area contributed by atoms with Gasteiger partial charge >= 0.3 is 0 Å². The maximum absolute atomic E-state index is 12.0. The summed E-state index contributed by atoms with van der Waals surface area (Å²) in [6.07, 6.45) is 5.40. The summed E-state index contributed by atoms with van der Waals surface area (Å²) in [6, 6.07) is 11.2. The second kappa shape index (κ2) is 8.77. The maximum Gasteiger partial charge on any atom is 0.116 e. The molecule has 2 heterocycles. The Bertz CT molecular complexity index is 1310. The molecule has 3 rings (SSSR count). The number of nitriles is 1. The zero-order valence-corrected chi connectivity index (χ0v) is 17.9. The number of aryl methyl sites for hydroxylation is 2. The normalized spacial score (nSPS) is 12.2. The third-order valence-corrected chi connectivity index (χ3v) is 4.92. The monoisotopic (exact) mass is 415 g/mol. The van der Waals surface area contributed by atoms with Crippen LogP contribution in [-0.4, -0.2) is 31.3 Å². The molecule has 30 heavy (non-hydrogen) atoms. The molecule has 7 heteroatoms. The van der Waals surface area contributed by atoms with Crippen molar-refractivity contribution in [1.29, 1.82) is 5.26 Å². The van der Waals surface area contributed by atoms with Gasteiger partial charge < -0.3 is 4.72 Å². The van der Waals surface area contributed by atoms with Crippen LogP contribution >= 0.6 is 0 Å². The van der Waals surface area contributed by atoms with Gasteiger partial charge in [0.2, 0.25) is 0 Å². The number of nitrogens with zero attached hydrogens (tertiary/aromatic N) is 4. The van der Waals surface area contributed by atoms with Crippen LogP contribution in [0.25, 0.3) is 11.3 Å². The first-order valence-corrected chi connectivity index (χ1v) is 11.4. The van der Waals surface area contributed by atoms with Gasteiger partial charge in [-0.15, -0.1) is 0 Å². The van der Waals surface area contributed by atoms with Gasteiger partial charge in [0.25, 0.3) is 0 Å². The van der Waals surface area contributed by atoms with Crippen molar-refractivity contribution in [3.8, 4) is 29.2 Å². The third-order valence-electron chi connectivity index (χ3n) is 4.27. The first-order chi connectivity index (χ1) is 14.3. The molecule has 0 saturated heterocycles. The van der Waals surface area contributed by atoms with E-state index in [0.717, 1.165) is 11.3 Å². The Morgan fingerprint density at radius 3 is 2.67 bits per heavy atom. The summed E-state index contributed by atoms with van der Waals surface area (Å²) in [4.78, 5) is 13.1. The number of pyridine rings is 1. The summed E-state index contributed by atoms with van der Waals surface area (Å²) in [5.74, 6) is 9.92. The maximum atomic E-state index is 12.0. The van der Waals surface area contributed by atoms with E-state index in [1.165, 1.54) is 12.6 Å². The van der Waals surface area contributed by atoms with Gasteiger partial charge in [-0.05, 0) is 37.4 Å². The summed E-state index contributed by atoms with van der Waals surface area (Å²) < 4.78 is 14.9. The smallest absolute Gasteiger partial charge is 0.116 e. The molecule has 1 unspecified atom stereocenters. The highest BCUT2D eigenvalue weighted by atomic mass is 32.2. The van der Waals surface area contributed by atoms with Gasteiger partial charge in [0.05, 0.1) is 40.0 Å². The molecule has 0 spiro atoms. The topological polar surface area (TPSA) is 91.6 Å². The lowest BCUT2D eigenvalue weighted by atomic mass is 10.0. The minimum Gasteiger partial charge on any atom is -0.311 e. The average molecular weight is 416 g/mol. The van der Waals surface area contributed by atoms with Crippen molar-refractivity contribution in [1.82, 2.24) is 15.0 Å². The molecule has 150 valence electrons. The molecule has 0 saturated carbocycles.